The largest absolute Gasteiger partial charge is 0.356 e. The number of hydrogen-bond donors (Lipinski definition) is 2. The molecule has 0 radical (unpaired) electrons. The zero-order chi connectivity index (χ0) is 18.1. The number of aryl methyl sites for hydroxylation is 3. The van der Waals surface area contributed by atoms with Crippen molar-refractivity contribution in [2.45, 2.75) is 39.5 Å². The molecule has 0 saturated carbocycles. The summed E-state index contributed by atoms with van der Waals surface area (Å²) in [5.41, 5.74) is 3.25. The van der Waals surface area contributed by atoms with Crippen molar-refractivity contribution in [3.8, 4) is 0 Å². The van der Waals surface area contributed by atoms with Gasteiger partial charge >= 0.3 is 0 Å². The summed E-state index contributed by atoms with van der Waals surface area (Å²) in [6, 6.07) is 4.94. The Balaban J connectivity index is 1.61. The summed E-state index contributed by atoms with van der Waals surface area (Å²) in [7, 11) is 1.77. The zero-order valence-electron chi connectivity index (χ0n) is 15.2. The van der Waals surface area contributed by atoms with E-state index < -0.39 is 0 Å². The molecule has 0 aliphatic heterocycles. The van der Waals surface area contributed by atoms with E-state index in [2.05, 4.69) is 26.0 Å². The van der Waals surface area contributed by atoms with Gasteiger partial charge < -0.3 is 10.6 Å². The van der Waals surface area contributed by atoms with Crippen LogP contribution in [0.15, 0.2) is 28.6 Å². The molecule has 136 valence electrons. The number of nitrogens with zero attached hydrogens (tertiary/aromatic N) is 2. The van der Waals surface area contributed by atoms with Crippen molar-refractivity contribution in [1.29, 1.82) is 0 Å². The molecule has 2 rings (SSSR count). The molecular formula is C19H27FN4S. The van der Waals surface area contributed by atoms with E-state index in [-0.39, 0.29) is 5.82 Å². The first-order valence-electron chi connectivity index (χ1n) is 8.69. The van der Waals surface area contributed by atoms with E-state index in [9.17, 15) is 4.39 Å². The van der Waals surface area contributed by atoms with Crippen LogP contribution in [0, 0.1) is 19.7 Å². The highest BCUT2D eigenvalue weighted by Crippen LogP contribution is 2.11. The molecule has 6 heteroatoms. The third kappa shape index (κ3) is 6.82. The fourth-order valence-electron chi connectivity index (χ4n) is 2.60. The molecule has 0 atom stereocenters. The lowest BCUT2D eigenvalue weighted by Gasteiger charge is -2.12. The number of guanidine groups is 1. The first-order valence-corrected chi connectivity index (χ1v) is 9.57. The maximum atomic E-state index is 13.1. The van der Waals surface area contributed by atoms with E-state index in [1.165, 1.54) is 11.1 Å². The molecule has 25 heavy (non-hydrogen) atoms. The molecule has 0 amide bonds. The molecule has 0 unspecified atom stereocenters. The number of rotatable bonds is 8. The van der Waals surface area contributed by atoms with Gasteiger partial charge in [-0.25, -0.2) is 9.37 Å². The molecule has 0 fully saturated rings. The fourth-order valence-corrected chi connectivity index (χ4v) is 3.42. The van der Waals surface area contributed by atoms with Crippen LogP contribution in [0.1, 0.15) is 34.7 Å². The van der Waals surface area contributed by atoms with Crippen LogP contribution in [0.5, 0.6) is 0 Å². The first kappa shape index (κ1) is 19.4. The van der Waals surface area contributed by atoms with Crippen molar-refractivity contribution in [3.63, 3.8) is 0 Å². The smallest absolute Gasteiger partial charge is 0.190 e. The van der Waals surface area contributed by atoms with E-state index in [1.54, 1.807) is 24.5 Å². The monoisotopic (exact) mass is 362 g/mol. The molecule has 0 saturated heterocycles. The molecule has 0 aliphatic rings. The average molecular weight is 363 g/mol. The quantitative estimate of drug-likeness (QED) is 0.428. The van der Waals surface area contributed by atoms with Crippen LogP contribution in [0.4, 0.5) is 4.39 Å². The Morgan fingerprint density at radius 1 is 1.16 bits per heavy atom. The van der Waals surface area contributed by atoms with Crippen LogP contribution >= 0.6 is 11.3 Å². The van der Waals surface area contributed by atoms with Crippen LogP contribution in [0.25, 0.3) is 0 Å². The Morgan fingerprint density at radius 2 is 1.96 bits per heavy atom. The SMILES string of the molecule is CN=C(NCCCCc1nc(C)cs1)NCCc1ccc(F)cc1C. The second-order valence-electron chi connectivity index (χ2n) is 6.09. The third-order valence-electron chi connectivity index (χ3n) is 3.99. The summed E-state index contributed by atoms with van der Waals surface area (Å²) in [6.45, 7) is 5.63. The summed E-state index contributed by atoms with van der Waals surface area (Å²) in [5.74, 6) is 0.629. The molecule has 4 nitrogen and oxygen atoms in total. The number of halogens is 1. The van der Waals surface area contributed by atoms with Gasteiger partial charge in [-0.1, -0.05) is 6.07 Å². The molecule has 1 heterocycles. The molecule has 2 aromatic rings. The van der Waals surface area contributed by atoms with Crippen molar-refractivity contribution in [2.24, 2.45) is 4.99 Å². The number of nitrogens with one attached hydrogen (secondary N) is 2. The maximum absolute atomic E-state index is 13.1. The van der Waals surface area contributed by atoms with Crippen LogP contribution < -0.4 is 10.6 Å². The van der Waals surface area contributed by atoms with Gasteiger partial charge in [-0.05, 0) is 62.8 Å². The van der Waals surface area contributed by atoms with E-state index in [1.807, 2.05) is 19.9 Å². The summed E-state index contributed by atoms with van der Waals surface area (Å²) in [5, 5.41) is 9.96. The highest BCUT2D eigenvalue weighted by atomic mass is 32.1. The summed E-state index contributed by atoms with van der Waals surface area (Å²) >= 11 is 1.74. The standard InChI is InChI=1S/C19H27FN4S/c1-14-12-17(20)8-7-16(14)9-11-23-19(21-3)22-10-5-4-6-18-24-15(2)13-25-18/h7-8,12-13H,4-6,9-11H2,1-3H3,(H2,21,22,23). The van der Waals surface area contributed by atoms with Gasteiger partial charge in [-0.3, -0.25) is 4.99 Å². The van der Waals surface area contributed by atoms with Crippen molar-refractivity contribution < 1.29 is 4.39 Å². The Bertz CT molecular complexity index is 696. The third-order valence-corrected chi connectivity index (χ3v) is 5.02. The minimum absolute atomic E-state index is 0.181. The highest BCUT2D eigenvalue weighted by Gasteiger charge is 2.02. The van der Waals surface area contributed by atoms with Gasteiger partial charge in [0.25, 0.3) is 0 Å². The molecule has 0 bridgehead atoms. The van der Waals surface area contributed by atoms with Crippen molar-refractivity contribution >= 4 is 17.3 Å². The van der Waals surface area contributed by atoms with Crippen LogP contribution in [0.2, 0.25) is 0 Å². The topological polar surface area (TPSA) is 49.3 Å². The van der Waals surface area contributed by atoms with E-state index in [4.69, 9.17) is 0 Å². The lowest BCUT2D eigenvalue weighted by Crippen LogP contribution is -2.38. The predicted octanol–water partition coefficient (Wildman–Crippen LogP) is 3.63. The van der Waals surface area contributed by atoms with Crippen molar-refractivity contribution in [2.75, 3.05) is 20.1 Å². The normalized spacial score (nSPS) is 11.6. The number of aliphatic imine (C=N–C) groups is 1. The number of benzene rings is 1. The minimum Gasteiger partial charge on any atom is -0.356 e. The second-order valence-corrected chi connectivity index (χ2v) is 7.03. The maximum Gasteiger partial charge on any atom is 0.190 e. The van der Waals surface area contributed by atoms with Crippen LogP contribution in [-0.4, -0.2) is 31.1 Å². The number of unbranched alkanes of at least 4 members (excludes halogenated alkanes) is 1. The second kappa shape index (κ2) is 10.1. The van der Waals surface area contributed by atoms with E-state index in [0.29, 0.717) is 0 Å². The fraction of sp³-hybridized carbons (Fsp3) is 0.474. The Morgan fingerprint density at radius 3 is 2.64 bits per heavy atom. The summed E-state index contributed by atoms with van der Waals surface area (Å²) in [6.07, 6.45) is 4.08. The molecule has 0 spiro atoms. The van der Waals surface area contributed by atoms with Gasteiger partial charge in [-0.15, -0.1) is 11.3 Å². The minimum atomic E-state index is -0.181. The van der Waals surface area contributed by atoms with Gasteiger partial charge in [0.15, 0.2) is 5.96 Å². The van der Waals surface area contributed by atoms with Gasteiger partial charge in [0.1, 0.15) is 5.82 Å². The number of aromatic nitrogens is 1. The van der Waals surface area contributed by atoms with Crippen LogP contribution in [0.3, 0.4) is 0 Å². The van der Waals surface area contributed by atoms with E-state index in [0.717, 1.165) is 61.6 Å². The molecular weight excluding hydrogens is 335 g/mol. The van der Waals surface area contributed by atoms with Crippen molar-refractivity contribution in [1.82, 2.24) is 15.6 Å². The molecule has 0 aliphatic carbocycles. The molecule has 1 aromatic heterocycles. The van der Waals surface area contributed by atoms with Gasteiger partial charge in [0.05, 0.1) is 5.01 Å². The van der Waals surface area contributed by atoms with Gasteiger partial charge in [0.2, 0.25) is 0 Å². The Kier molecular flexibility index (Phi) is 7.85. The molecule has 2 N–H and O–H groups in total. The lowest BCUT2D eigenvalue weighted by molar-refractivity contribution is 0.625. The average Bonchev–Trinajstić information content (AvgIpc) is 3.00. The first-order chi connectivity index (χ1) is 12.1. The highest BCUT2D eigenvalue weighted by molar-refractivity contribution is 7.09. The lowest BCUT2D eigenvalue weighted by atomic mass is 10.1. The number of hydrogen-bond acceptors (Lipinski definition) is 3. The Labute approximate surface area is 153 Å². The van der Waals surface area contributed by atoms with Crippen molar-refractivity contribution in [3.05, 3.63) is 51.2 Å². The molecule has 1 aromatic carbocycles. The summed E-state index contributed by atoms with van der Waals surface area (Å²) in [4.78, 5) is 8.72. The Hall–Kier alpha value is -1.95. The van der Waals surface area contributed by atoms with Gasteiger partial charge in [0, 0.05) is 31.2 Å². The van der Waals surface area contributed by atoms with Crippen LogP contribution in [-0.2, 0) is 12.8 Å². The van der Waals surface area contributed by atoms with Gasteiger partial charge in [-0.2, -0.15) is 0 Å². The zero-order valence-corrected chi connectivity index (χ0v) is 16.0. The predicted molar refractivity (Wildman–Crippen MR) is 104 cm³/mol. The number of thiazole rings is 1. The summed E-state index contributed by atoms with van der Waals surface area (Å²) < 4.78 is 13.1. The van der Waals surface area contributed by atoms with E-state index >= 15 is 0 Å².